The Balaban J connectivity index is 2.16. The molecule has 1 aromatic rings. The van der Waals surface area contributed by atoms with E-state index in [2.05, 4.69) is 50.1 Å². The van der Waals surface area contributed by atoms with Crippen LogP contribution in [0.1, 0.15) is 44.9 Å². The number of hydrogen-bond donors (Lipinski definition) is 1. The lowest BCUT2D eigenvalue weighted by Gasteiger charge is -2.29. The van der Waals surface area contributed by atoms with Crippen molar-refractivity contribution in [2.45, 2.75) is 53.1 Å². The molecule has 1 saturated carbocycles. The lowest BCUT2D eigenvalue weighted by molar-refractivity contribution is 0.415. The zero-order chi connectivity index (χ0) is 14.2. The van der Waals surface area contributed by atoms with E-state index in [9.17, 15) is 0 Å². The first-order valence-electron chi connectivity index (χ1n) is 7.25. The first-order valence-corrected chi connectivity index (χ1v) is 7.25. The second kappa shape index (κ2) is 5.16. The molecule has 4 heteroatoms. The molecule has 1 fully saturated rings. The molecule has 108 valence electrons. The van der Waals surface area contributed by atoms with Gasteiger partial charge in [0.05, 0.1) is 5.69 Å². The second-order valence-corrected chi connectivity index (χ2v) is 7.08. The Hall–Kier alpha value is -1.03. The van der Waals surface area contributed by atoms with E-state index in [0.717, 1.165) is 24.8 Å². The van der Waals surface area contributed by atoms with Gasteiger partial charge < -0.3 is 10.2 Å². The highest BCUT2D eigenvalue weighted by Crippen LogP contribution is 2.27. The van der Waals surface area contributed by atoms with Gasteiger partial charge in [0.1, 0.15) is 5.82 Å². The fourth-order valence-electron chi connectivity index (χ4n) is 2.69. The van der Waals surface area contributed by atoms with Crippen molar-refractivity contribution in [1.29, 1.82) is 0 Å². The van der Waals surface area contributed by atoms with Crippen molar-refractivity contribution in [2.75, 3.05) is 18.5 Å². The Morgan fingerprint density at radius 2 is 2.00 bits per heavy atom. The zero-order valence-electron chi connectivity index (χ0n) is 13.2. The van der Waals surface area contributed by atoms with Crippen LogP contribution >= 0.6 is 0 Å². The first kappa shape index (κ1) is 14.4. The number of aromatic nitrogens is 2. The smallest absolute Gasteiger partial charge is 0.131 e. The van der Waals surface area contributed by atoms with Crippen LogP contribution in [0.5, 0.6) is 0 Å². The third kappa shape index (κ3) is 3.72. The van der Waals surface area contributed by atoms with Crippen LogP contribution < -0.4 is 10.2 Å². The topological polar surface area (TPSA) is 33.1 Å². The molecule has 1 aliphatic carbocycles. The zero-order valence-corrected chi connectivity index (χ0v) is 13.2. The van der Waals surface area contributed by atoms with E-state index in [4.69, 9.17) is 0 Å². The molecule has 1 aromatic heterocycles. The molecule has 0 bridgehead atoms. The largest absolute Gasteiger partial charge is 0.359 e. The molecule has 0 aromatic carbocycles. The summed E-state index contributed by atoms with van der Waals surface area (Å²) in [6.07, 6.45) is 2.65. The number of nitrogens with zero attached hydrogens (tertiary/aromatic N) is 3. The van der Waals surface area contributed by atoms with E-state index < -0.39 is 0 Å². The molecule has 2 rings (SSSR count). The maximum Gasteiger partial charge on any atom is 0.131 e. The molecular formula is C15H28N4. The number of aryl methyl sites for hydroxylation is 2. The average molecular weight is 264 g/mol. The lowest BCUT2D eigenvalue weighted by atomic mass is 9.96. The Bertz CT molecular complexity index is 438. The van der Waals surface area contributed by atoms with Crippen molar-refractivity contribution in [1.82, 2.24) is 15.1 Å². The van der Waals surface area contributed by atoms with Gasteiger partial charge in [0, 0.05) is 38.8 Å². The third-order valence-electron chi connectivity index (χ3n) is 3.53. The van der Waals surface area contributed by atoms with E-state index in [1.54, 1.807) is 0 Å². The van der Waals surface area contributed by atoms with Crippen LogP contribution in [0.2, 0.25) is 0 Å². The molecule has 0 unspecified atom stereocenters. The predicted molar refractivity (Wildman–Crippen MR) is 80.5 cm³/mol. The van der Waals surface area contributed by atoms with Crippen molar-refractivity contribution in [2.24, 2.45) is 12.5 Å². The van der Waals surface area contributed by atoms with Crippen LogP contribution in [0.3, 0.4) is 0 Å². The van der Waals surface area contributed by atoms with Gasteiger partial charge in [-0.25, -0.2) is 0 Å². The molecule has 0 aliphatic heterocycles. The van der Waals surface area contributed by atoms with Crippen molar-refractivity contribution in [3.05, 3.63) is 11.3 Å². The summed E-state index contributed by atoms with van der Waals surface area (Å²) in [6, 6.07) is 0.736. The molecule has 0 radical (unpaired) electrons. The van der Waals surface area contributed by atoms with Crippen LogP contribution in [0.4, 0.5) is 5.82 Å². The summed E-state index contributed by atoms with van der Waals surface area (Å²) in [5, 5.41) is 8.20. The van der Waals surface area contributed by atoms with Crippen LogP contribution in [-0.4, -0.2) is 29.4 Å². The summed E-state index contributed by atoms with van der Waals surface area (Å²) in [5.41, 5.74) is 2.78. The molecule has 19 heavy (non-hydrogen) atoms. The van der Waals surface area contributed by atoms with E-state index in [1.165, 1.54) is 24.2 Å². The SMILES string of the molecule is Cc1nn(C)c(N(C)CC(C)(C)C)c1CNC1CC1. The third-order valence-corrected chi connectivity index (χ3v) is 3.53. The minimum atomic E-state index is 0.286. The minimum absolute atomic E-state index is 0.286. The van der Waals surface area contributed by atoms with Crippen molar-refractivity contribution in [3.8, 4) is 0 Å². The van der Waals surface area contributed by atoms with Crippen molar-refractivity contribution >= 4 is 5.82 Å². The molecule has 0 saturated heterocycles. The van der Waals surface area contributed by atoms with Gasteiger partial charge in [0.15, 0.2) is 0 Å². The van der Waals surface area contributed by atoms with Crippen LogP contribution in [0.25, 0.3) is 0 Å². The summed E-state index contributed by atoms with van der Waals surface area (Å²) in [4.78, 5) is 2.34. The van der Waals surface area contributed by atoms with Gasteiger partial charge in [0.2, 0.25) is 0 Å². The van der Waals surface area contributed by atoms with Crippen LogP contribution in [0.15, 0.2) is 0 Å². The van der Waals surface area contributed by atoms with Gasteiger partial charge in [0.25, 0.3) is 0 Å². The number of hydrogen-bond acceptors (Lipinski definition) is 3. The first-order chi connectivity index (χ1) is 8.78. The summed E-state index contributed by atoms with van der Waals surface area (Å²) < 4.78 is 2.02. The van der Waals surface area contributed by atoms with Gasteiger partial charge in [-0.15, -0.1) is 0 Å². The number of anilines is 1. The van der Waals surface area contributed by atoms with Gasteiger partial charge in [-0.3, -0.25) is 4.68 Å². The van der Waals surface area contributed by atoms with Gasteiger partial charge in [-0.1, -0.05) is 20.8 Å². The summed E-state index contributed by atoms with van der Waals surface area (Å²) in [6.45, 7) is 10.9. The monoisotopic (exact) mass is 264 g/mol. The van der Waals surface area contributed by atoms with Crippen LogP contribution in [0, 0.1) is 12.3 Å². The highest BCUT2D eigenvalue weighted by molar-refractivity contribution is 5.49. The highest BCUT2D eigenvalue weighted by Gasteiger charge is 2.24. The quantitative estimate of drug-likeness (QED) is 0.887. The van der Waals surface area contributed by atoms with E-state index >= 15 is 0 Å². The fourth-order valence-corrected chi connectivity index (χ4v) is 2.69. The molecule has 1 heterocycles. The normalized spacial score (nSPS) is 15.9. The predicted octanol–water partition coefficient (Wildman–Crippen LogP) is 2.46. The van der Waals surface area contributed by atoms with Gasteiger partial charge in [-0.05, 0) is 25.2 Å². The van der Waals surface area contributed by atoms with Gasteiger partial charge in [-0.2, -0.15) is 5.10 Å². The maximum absolute atomic E-state index is 4.60. The Morgan fingerprint density at radius 3 is 2.53 bits per heavy atom. The second-order valence-electron chi connectivity index (χ2n) is 7.08. The average Bonchev–Trinajstić information content (AvgIpc) is 2.99. The molecule has 1 N–H and O–H groups in total. The van der Waals surface area contributed by atoms with Crippen molar-refractivity contribution < 1.29 is 0 Å². The maximum atomic E-state index is 4.60. The summed E-state index contributed by atoms with van der Waals surface area (Å²) >= 11 is 0. The van der Waals surface area contributed by atoms with Crippen LogP contribution in [-0.2, 0) is 13.6 Å². The molecule has 0 spiro atoms. The van der Waals surface area contributed by atoms with Crippen molar-refractivity contribution in [3.63, 3.8) is 0 Å². The molecule has 0 amide bonds. The number of nitrogens with one attached hydrogen (secondary N) is 1. The lowest BCUT2D eigenvalue weighted by Crippen LogP contribution is -2.31. The Kier molecular flexibility index (Phi) is 3.90. The Morgan fingerprint density at radius 1 is 1.37 bits per heavy atom. The highest BCUT2D eigenvalue weighted by atomic mass is 15.4. The molecule has 0 atom stereocenters. The summed E-state index contributed by atoms with van der Waals surface area (Å²) in [7, 11) is 4.21. The summed E-state index contributed by atoms with van der Waals surface area (Å²) in [5.74, 6) is 1.25. The van der Waals surface area contributed by atoms with E-state index in [0.29, 0.717) is 0 Å². The van der Waals surface area contributed by atoms with E-state index in [1.807, 2.05) is 11.7 Å². The standard InChI is InChI=1S/C15H28N4/c1-11-13(9-16-12-7-8-12)14(19(6)17-11)18(5)10-15(2,3)4/h12,16H,7-10H2,1-6H3. The number of rotatable bonds is 5. The molecular weight excluding hydrogens is 236 g/mol. The minimum Gasteiger partial charge on any atom is -0.359 e. The van der Waals surface area contributed by atoms with Gasteiger partial charge >= 0.3 is 0 Å². The molecule has 1 aliphatic rings. The Labute approximate surface area is 117 Å². The fraction of sp³-hybridized carbons (Fsp3) is 0.800. The van der Waals surface area contributed by atoms with E-state index in [-0.39, 0.29) is 5.41 Å². The molecule has 4 nitrogen and oxygen atoms in total.